The van der Waals surface area contributed by atoms with Gasteiger partial charge in [0.05, 0.1) is 6.10 Å². The van der Waals surface area contributed by atoms with Crippen molar-refractivity contribution in [3.8, 4) is 0 Å². The smallest absolute Gasteiger partial charge is 0.0591 e. The molecule has 0 radical (unpaired) electrons. The van der Waals surface area contributed by atoms with Gasteiger partial charge in [-0.05, 0) is 18.3 Å². The van der Waals surface area contributed by atoms with Crippen molar-refractivity contribution in [2.75, 3.05) is 0 Å². The summed E-state index contributed by atoms with van der Waals surface area (Å²) in [5, 5.41) is 10.0. The van der Waals surface area contributed by atoms with Crippen molar-refractivity contribution in [2.24, 2.45) is 5.41 Å². The van der Waals surface area contributed by atoms with Crippen LogP contribution in [0.25, 0.3) is 0 Å². The number of aliphatic hydroxyl groups is 1. The van der Waals surface area contributed by atoms with Crippen LogP contribution in [0.5, 0.6) is 0 Å². The summed E-state index contributed by atoms with van der Waals surface area (Å²) in [6.07, 6.45) is 11.1. The van der Waals surface area contributed by atoms with Crippen molar-refractivity contribution in [3.63, 3.8) is 0 Å². The SMILES string of the molecule is CCCCCCCCC(C)(C)C(O)CCC. The first kappa shape index (κ1) is 16.0. The molecule has 0 spiro atoms. The van der Waals surface area contributed by atoms with E-state index >= 15 is 0 Å². The maximum Gasteiger partial charge on any atom is 0.0591 e. The van der Waals surface area contributed by atoms with Crippen molar-refractivity contribution >= 4 is 0 Å². The standard InChI is InChI=1S/C15H32O/c1-5-7-8-9-10-11-13-15(3,4)14(16)12-6-2/h14,16H,5-13H2,1-4H3. The fourth-order valence-corrected chi connectivity index (χ4v) is 2.19. The Morgan fingerprint density at radius 2 is 1.44 bits per heavy atom. The fourth-order valence-electron chi connectivity index (χ4n) is 2.19. The van der Waals surface area contributed by atoms with Gasteiger partial charge in [0.2, 0.25) is 0 Å². The van der Waals surface area contributed by atoms with Gasteiger partial charge in [-0.15, -0.1) is 0 Å². The quantitative estimate of drug-likeness (QED) is 0.526. The molecule has 0 saturated carbocycles. The molecule has 0 amide bonds. The lowest BCUT2D eigenvalue weighted by Gasteiger charge is -2.30. The minimum absolute atomic E-state index is 0.112. The first-order valence-electron chi connectivity index (χ1n) is 7.22. The predicted molar refractivity (Wildman–Crippen MR) is 72.7 cm³/mol. The molecule has 0 fully saturated rings. The highest BCUT2D eigenvalue weighted by molar-refractivity contribution is 4.77. The van der Waals surface area contributed by atoms with Crippen molar-refractivity contribution in [1.29, 1.82) is 0 Å². The number of hydrogen-bond donors (Lipinski definition) is 1. The van der Waals surface area contributed by atoms with Gasteiger partial charge in [-0.1, -0.05) is 72.6 Å². The molecular weight excluding hydrogens is 196 g/mol. The van der Waals surface area contributed by atoms with Gasteiger partial charge in [0.1, 0.15) is 0 Å². The van der Waals surface area contributed by atoms with Crippen LogP contribution in [-0.2, 0) is 0 Å². The Morgan fingerprint density at radius 3 is 2.00 bits per heavy atom. The van der Waals surface area contributed by atoms with Gasteiger partial charge < -0.3 is 5.11 Å². The molecule has 0 aliphatic rings. The van der Waals surface area contributed by atoms with Crippen LogP contribution in [0.4, 0.5) is 0 Å². The third-order valence-electron chi connectivity index (χ3n) is 3.64. The average molecular weight is 228 g/mol. The third kappa shape index (κ3) is 7.27. The van der Waals surface area contributed by atoms with E-state index in [4.69, 9.17) is 0 Å². The molecule has 0 bridgehead atoms. The first-order chi connectivity index (χ1) is 7.54. The van der Waals surface area contributed by atoms with Crippen LogP contribution in [0.2, 0.25) is 0 Å². The van der Waals surface area contributed by atoms with Crippen molar-refractivity contribution < 1.29 is 5.11 Å². The molecule has 1 N–H and O–H groups in total. The van der Waals surface area contributed by atoms with Crippen LogP contribution in [0.1, 0.15) is 85.5 Å². The number of hydrogen-bond acceptors (Lipinski definition) is 1. The minimum atomic E-state index is -0.117. The third-order valence-corrected chi connectivity index (χ3v) is 3.64. The van der Waals surface area contributed by atoms with E-state index in [9.17, 15) is 5.11 Å². The zero-order valence-electron chi connectivity index (χ0n) is 11.9. The highest BCUT2D eigenvalue weighted by atomic mass is 16.3. The lowest BCUT2D eigenvalue weighted by molar-refractivity contribution is 0.0349. The van der Waals surface area contributed by atoms with E-state index in [1.807, 2.05) is 0 Å². The lowest BCUT2D eigenvalue weighted by atomic mass is 9.79. The van der Waals surface area contributed by atoms with Gasteiger partial charge in [-0.2, -0.15) is 0 Å². The van der Waals surface area contributed by atoms with Gasteiger partial charge in [0.25, 0.3) is 0 Å². The van der Waals surface area contributed by atoms with Crippen LogP contribution in [0.3, 0.4) is 0 Å². The molecule has 0 rings (SSSR count). The Morgan fingerprint density at radius 1 is 0.875 bits per heavy atom. The zero-order valence-corrected chi connectivity index (χ0v) is 11.9. The molecule has 0 aromatic rings. The molecule has 98 valence electrons. The van der Waals surface area contributed by atoms with Gasteiger partial charge in [-0.25, -0.2) is 0 Å². The topological polar surface area (TPSA) is 20.2 Å². The summed E-state index contributed by atoms with van der Waals surface area (Å²) in [7, 11) is 0. The molecular formula is C15H32O. The van der Waals surface area contributed by atoms with E-state index in [1.165, 1.54) is 44.9 Å². The molecule has 0 aliphatic carbocycles. The zero-order chi connectivity index (χ0) is 12.4. The highest BCUT2D eigenvalue weighted by Gasteiger charge is 2.26. The Bertz CT molecular complexity index is 152. The van der Waals surface area contributed by atoms with Crippen LogP contribution in [0, 0.1) is 5.41 Å². The van der Waals surface area contributed by atoms with Gasteiger partial charge in [0.15, 0.2) is 0 Å². The van der Waals surface area contributed by atoms with Crippen LogP contribution < -0.4 is 0 Å². The maximum absolute atomic E-state index is 10.0. The fraction of sp³-hybridized carbons (Fsp3) is 1.00. The predicted octanol–water partition coefficient (Wildman–Crippen LogP) is 4.92. The molecule has 0 aromatic carbocycles. The van der Waals surface area contributed by atoms with E-state index < -0.39 is 0 Å². The average Bonchev–Trinajstić information content (AvgIpc) is 2.23. The second-order valence-electron chi connectivity index (χ2n) is 5.81. The summed E-state index contributed by atoms with van der Waals surface area (Å²) in [6.45, 7) is 8.81. The summed E-state index contributed by atoms with van der Waals surface area (Å²) < 4.78 is 0. The molecule has 16 heavy (non-hydrogen) atoms. The highest BCUT2D eigenvalue weighted by Crippen LogP contribution is 2.30. The number of unbranched alkanes of at least 4 members (excludes halogenated alkanes) is 5. The molecule has 0 aromatic heterocycles. The first-order valence-corrected chi connectivity index (χ1v) is 7.22. The lowest BCUT2D eigenvalue weighted by Crippen LogP contribution is -2.29. The van der Waals surface area contributed by atoms with Crippen molar-refractivity contribution in [3.05, 3.63) is 0 Å². The molecule has 1 heteroatoms. The Kier molecular flexibility index (Phi) is 9.02. The van der Waals surface area contributed by atoms with E-state index in [1.54, 1.807) is 0 Å². The Balaban J connectivity index is 3.57. The summed E-state index contributed by atoms with van der Waals surface area (Å²) in [4.78, 5) is 0. The molecule has 0 aliphatic heterocycles. The molecule has 1 unspecified atom stereocenters. The largest absolute Gasteiger partial charge is 0.393 e. The maximum atomic E-state index is 10.0. The summed E-state index contributed by atoms with van der Waals surface area (Å²) in [6, 6.07) is 0. The second kappa shape index (κ2) is 9.04. The van der Waals surface area contributed by atoms with Crippen LogP contribution in [0.15, 0.2) is 0 Å². The van der Waals surface area contributed by atoms with E-state index in [0.717, 1.165) is 12.8 Å². The monoisotopic (exact) mass is 228 g/mol. The molecule has 0 heterocycles. The second-order valence-corrected chi connectivity index (χ2v) is 5.81. The van der Waals surface area contributed by atoms with Gasteiger partial charge in [0, 0.05) is 0 Å². The number of rotatable bonds is 10. The van der Waals surface area contributed by atoms with Crippen molar-refractivity contribution in [2.45, 2.75) is 91.6 Å². The number of aliphatic hydroxyl groups excluding tert-OH is 1. The van der Waals surface area contributed by atoms with Crippen LogP contribution in [-0.4, -0.2) is 11.2 Å². The van der Waals surface area contributed by atoms with E-state index in [-0.39, 0.29) is 11.5 Å². The summed E-state index contributed by atoms with van der Waals surface area (Å²) >= 11 is 0. The van der Waals surface area contributed by atoms with Gasteiger partial charge in [-0.3, -0.25) is 0 Å². The molecule has 1 nitrogen and oxygen atoms in total. The minimum Gasteiger partial charge on any atom is -0.393 e. The van der Waals surface area contributed by atoms with Crippen molar-refractivity contribution in [1.82, 2.24) is 0 Å². The molecule has 0 saturated heterocycles. The van der Waals surface area contributed by atoms with Crippen LogP contribution >= 0.6 is 0 Å². The van der Waals surface area contributed by atoms with Gasteiger partial charge >= 0.3 is 0 Å². The Hall–Kier alpha value is -0.0400. The van der Waals surface area contributed by atoms with E-state index in [2.05, 4.69) is 27.7 Å². The summed E-state index contributed by atoms with van der Waals surface area (Å²) in [5.41, 5.74) is 0.112. The normalized spacial score (nSPS) is 14.1. The molecule has 1 atom stereocenters. The van der Waals surface area contributed by atoms with E-state index in [0.29, 0.717) is 0 Å². The summed E-state index contributed by atoms with van der Waals surface area (Å²) in [5.74, 6) is 0. The Labute approximate surface area is 103 Å².